The van der Waals surface area contributed by atoms with Crippen LogP contribution in [0, 0.1) is 5.82 Å². The Morgan fingerprint density at radius 3 is 2.32 bits per heavy atom. The Morgan fingerprint density at radius 2 is 1.79 bits per heavy atom. The number of benzene rings is 1. The highest BCUT2D eigenvalue weighted by atomic mass is 19.4. The van der Waals surface area contributed by atoms with Crippen LogP contribution in [0.1, 0.15) is 15.9 Å². The number of hydrogen-bond donors (Lipinski definition) is 1. The second-order valence-corrected chi connectivity index (χ2v) is 3.70. The van der Waals surface area contributed by atoms with Crippen molar-refractivity contribution < 1.29 is 35.9 Å². The number of Topliss-reactive ketones (excluding diaryl/α,β-unsaturated/α-hetero) is 1. The van der Waals surface area contributed by atoms with Crippen LogP contribution in [0.5, 0.6) is 0 Å². The largest absolute Gasteiger partial charge is 0.454 e. The fourth-order valence-electron chi connectivity index (χ4n) is 1.69. The lowest BCUT2D eigenvalue weighted by Gasteiger charge is -2.13. The maximum absolute atomic E-state index is 13.4. The van der Waals surface area contributed by atoms with Gasteiger partial charge in [-0.3, -0.25) is 9.59 Å². The number of ketones is 1. The SMILES string of the molecule is O=C(c1c(F)ccc2c1C(F)(F)C(=O)N2)C(F)(F)F. The first-order valence-electron chi connectivity index (χ1n) is 4.70. The van der Waals surface area contributed by atoms with Gasteiger partial charge in [0.1, 0.15) is 5.82 Å². The maximum atomic E-state index is 13.4. The summed E-state index contributed by atoms with van der Waals surface area (Å²) in [5.74, 6) is -10.8. The predicted octanol–water partition coefficient (Wildman–Crippen LogP) is 2.61. The normalized spacial score (nSPS) is 17.1. The van der Waals surface area contributed by atoms with Crippen molar-refractivity contribution in [3.63, 3.8) is 0 Å². The lowest BCUT2D eigenvalue weighted by molar-refractivity contribution is -0.139. The third-order valence-corrected chi connectivity index (χ3v) is 2.49. The summed E-state index contributed by atoms with van der Waals surface area (Å²) in [6.45, 7) is 0. The van der Waals surface area contributed by atoms with Gasteiger partial charge in [-0.2, -0.15) is 22.0 Å². The number of carbonyl (C=O) groups excluding carboxylic acids is 2. The van der Waals surface area contributed by atoms with E-state index >= 15 is 0 Å². The number of amides is 1. The molecule has 0 unspecified atom stereocenters. The van der Waals surface area contributed by atoms with Crippen molar-refractivity contribution in [3.8, 4) is 0 Å². The molecule has 0 radical (unpaired) electrons. The molecule has 0 saturated heterocycles. The van der Waals surface area contributed by atoms with Crippen LogP contribution in [0.25, 0.3) is 0 Å². The number of fused-ring (bicyclic) bond motifs is 1. The molecular formula is C10H3F6NO2. The molecule has 0 aliphatic carbocycles. The van der Waals surface area contributed by atoms with Gasteiger partial charge in [-0.25, -0.2) is 4.39 Å². The number of anilines is 1. The van der Waals surface area contributed by atoms with Crippen molar-refractivity contribution in [1.29, 1.82) is 0 Å². The van der Waals surface area contributed by atoms with Crippen LogP contribution in [0.2, 0.25) is 0 Å². The van der Waals surface area contributed by atoms with Gasteiger partial charge in [-0.15, -0.1) is 0 Å². The summed E-state index contributed by atoms with van der Waals surface area (Å²) in [5, 5.41) is 1.59. The summed E-state index contributed by atoms with van der Waals surface area (Å²) >= 11 is 0. The van der Waals surface area contributed by atoms with Gasteiger partial charge in [0.25, 0.3) is 11.7 Å². The minimum atomic E-state index is -5.53. The molecule has 3 nitrogen and oxygen atoms in total. The van der Waals surface area contributed by atoms with E-state index in [1.807, 2.05) is 0 Å². The number of rotatable bonds is 1. The number of nitrogens with one attached hydrogen (secondary N) is 1. The van der Waals surface area contributed by atoms with E-state index in [1.54, 1.807) is 5.32 Å². The first-order valence-corrected chi connectivity index (χ1v) is 4.70. The Hall–Kier alpha value is -2.06. The molecule has 0 bridgehead atoms. The summed E-state index contributed by atoms with van der Waals surface area (Å²) in [6, 6.07) is 1.07. The molecule has 1 N–H and O–H groups in total. The van der Waals surface area contributed by atoms with Crippen LogP contribution < -0.4 is 5.32 Å². The number of halogens is 6. The average molecular weight is 283 g/mol. The molecule has 0 saturated carbocycles. The third-order valence-electron chi connectivity index (χ3n) is 2.49. The van der Waals surface area contributed by atoms with Gasteiger partial charge >= 0.3 is 12.1 Å². The fraction of sp³-hybridized carbons (Fsp3) is 0.200. The Labute approximate surface area is 101 Å². The van der Waals surface area contributed by atoms with E-state index in [4.69, 9.17) is 0 Å². The second-order valence-electron chi connectivity index (χ2n) is 3.70. The van der Waals surface area contributed by atoms with Crippen LogP contribution in [-0.4, -0.2) is 17.9 Å². The Kier molecular flexibility index (Phi) is 2.62. The summed E-state index contributed by atoms with van der Waals surface area (Å²) in [6.07, 6.45) is -5.53. The Bertz CT molecular complexity index is 592. The molecule has 1 heterocycles. The molecule has 1 aliphatic rings. The molecule has 1 amide bonds. The fourth-order valence-corrected chi connectivity index (χ4v) is 1.69. The van der Waals surface area contributed by atoms with E-state index in [-0.39, 0.29) is 0 Å². The molecular weight excluding hydrogens is 280 g/mol. The summed E-state index contributed by atoms with van der Waals surface area (Å²) < 4.78 is 76.9. The first-order chi connectivity index (χ1) is 8.56. The van der Waals surface area contributed by atoms with Crippen molar-refractivity contribution in [2.45, 2.75) is 12.1 Å². The van der Waals surface area contributed by atoms with Gasteiger partial charge in [0, 0.05) is 0 Å². The van der Waals surface area contributed by atoms with E-state index in [9.17, 15) is 35.9 Å². The van der Waals surface area contributed by atoms with Gasteiger partial charge in [0.15, 0.2) is 0 Å². The zero-order valence-corrected chi connectivity index (χ0v) is 8.74. The lowest BCUT2D eigenvalue weighted by Crippen LogP contribution is -2.30. The average Bonchev–Trinajstić information content (AvgIpc) is 2.49. The third kappa shape index (κ3) is 1.85. The van der Waals surface area contributed by atoms with Gasteiger partial charge < -0.3 is 5.32 Å². The van der Waals surface area contributed by atoms with E-state index in [2.05, 4.69) is 0 Å². The predicted molar refractivity (Wildman–Crippen MR) is 49.3 cm³/mol. The summed E-state index contributed by atoms with van der Waals surface area (Å²) in [5.41, 5.74) is -4.14. The maximum Gasteiger partial charge on any atom is 0.454 e. The van der Waals surface area contributed by atoms with Crippen LogP contribution in [0.15, 0.2) is 12.1 Å². The zero-order valence-electron chi connectivity index (χ0n) is 8.74. The van der Waals surface area contributed by atoms with Crippen molar-refractivity contribution in [2.75, 3.05) is 5.32 Å². The van der Waals surface area contributed by atoms with Gasteiger partial charge in [-0.05, 0) is 12.1 Å². The Balaban J connectivity index is 2.75. The topological polar surface area (TPSA) is 46.2 Å². The van der Waals surface area contributed by atoms with E-state index in [0.29, 0.717) is 12.1 Å². The van der Waals surface area contributed by atoms with Gasteiger partial charge in [-0.1, -0.05) is 0 Å². The minimum Gasteiger partial charge on any atom is -0.320 e. The van der Waals surface area contributed by atoms with E-state index < -0.39 is 46.4 Å². The molecule has 0 aromatic heterocycles. The molecule has 1 aliphatic heterocycles. The van der Waals surface area contributed by atoms with Crippen LogP contribution in [0.4, 0.5) is 32.0 Å². The molecule has 9 heteroatoms. The summed E-state index contributed by atoms with van der Waals surface area (Å²) in [4.78, 5) is 21.9. The number of hydrogen-bond acceptors (Lipinski definition) is 2. The molecule has 102 valence electrons. The van der Waals surface area contributed by atoms with E-state index in [0.717, 1.165) is 0 Å². The van der Waals surface area contributed by atoms with Crippen molar-refractivity contribution in [3.05, 3.63) is 29.1 Å². The van der Waals surface area contributed by atoms with Crippen LogP contribution in [-0.2, 0) is 10.7 Å². The first kappa shape index (κ1) is 13.4. The molecule has 0 fully saturated rings. The van der Waals surface area contributed by atoms with Gasteiger partial charge in [0.05, 0.1) is 16.8 Å². The highest BCUT2D eigenvalue weighted by molar-refractivity contribution is 6.11. The molecule has 0 spiro atoms. The molecule has 19 heavy (non-hydrogen) atoms. The molecule has 0 atom stereocenters. The highest BCUT2D eigenvalue weighted by Gasteiger charge is 2.54. The molecule has 1 aromatic rings. The van der Waals surface area contributed by atoms with Crippen LogP contribution in [0.3, 0.4) is 0 Å². The van der Waals surface area contributed by atoms with E-state index in [1.165, 1.54) is 0 Å². The quantitative estimate of drug-likeness (QED) is 0.636. The highest BCUT2D eigenvalue weighted by Crippen LogP contribution is 2.44. The van der Waals surface area contributed by atoms with Crippen molar-refractivity contribution in [1.82, 2.24) is 0 Å². The number of carbonyl (C=O) groups is 2. The van der Waals surface area contributed by atoms with Crippen molar-refractivity contribution >= 4 is 17.4 Å². The standard InChI is InChI=1S/C10H3F6NO2/c11-3-1-2-4-6(9(12,13)8(19)17-4)5(3)7(18)10(14,15)16/h1-2H,(H,17,19). The molecule has 2 rings (SSSR count). The smallest absolute Gasteiger partial charge is 0.320 e. The second kappa shape index (κ2) is 3.72. The number of alkyl halides is 5. The lowest BCUT2D eigenvalue weighted by atomic mass is 9.98. The molecule has 1 aromatic carbocycles. The summed E-state index contributed by atoms with van der Waals surface area (Å²) in [7, 11) is 0. The minimum absolute atomic E-state index is 0.402. The Morgan fingerprint density at radius 1 is 1.21 bits per heavy atom. The zero-order chi connectivity index (χ0) is 14.6. The van der Waals surface area contributed by atoms with Gasteiger partial charge in [0.2, 0.25) is 0 Å². The monoisotopic (exact) mass is 283 g/mol. The van der Waals surface area contributed by atoms with Crippen LogP contribution >= 0.6 is 0 Å². The van der Waals surface area contributed by atoms with Crippen molar-refractivity contribution in [2.24, 2.45) is 0 Å².